The molecule has 0 aliphatic carbocycles. The van der Waals surface area contributed by atoms with E-state index in [1.54, 1.807) is 0 Å². The summed E-state index contributed by atoms with van der Waals surface area (Å²) in [6.45, 7) is 7.50. The number of carbonyl (C=O) groups excluding carboxylic acids is 1. The van der Waals surface area contributed by atoms with Gasteiger partial charge in [0.25, 0.3) is 0 Å². The number of aromatic nitrogens is 1. The van der Waals surface area contributed by atoms with E-state index in [0.29, 0.717) is 11.9 Å². The fourth-order valence-electron chi connectivity index (χ4n) is 5.28. The molecule has 0 N–H and O–H groups in total. The smallest absolute Gasteiger partial charge is 0.226 e. The number of nitrogens with zero attached hydrogens (tertiary/aromatic N) is 4. The third kappa shape index (κ3) is 5.12. The summed E-state index contributed by atoms with van der Waals surface area (Å²) in [7, 11) is 0. The largest absolute Gasteiger partial charge is 0.342 e. The standard InChI is InChI=1S/C23H36N4O/c28-23(26-13-3-1-2-4-14-26)21-6-5-15-27(19-21)22-9-16-25(17-10-22)18-20-7-11-24-12-8-20/h7-8,11-12,21-22H,1-6,9-10,13-19H2. The van der Waals surface area contributed by atoms with E-state index in [4.69, 9.17) is 0 Å². The third-order valence-corrected chi connectivity index (χ3v) is 6.95. The highest BCUT2D eigenvalue weighted by Crippen LogP contribution is 2.26. The maximum Gasteiger partial charge on any atom is 0.226 e. The first-order valence-electron chi connectivity index (χ1n) is 11.4. The summed E-state index contributed by atoms with van der Waals surface area (Å²) in [6, 6.07) is 4.90. The van der Waals surface area contributed by atoms with Crippen LogP contribution < -0.4 is 0 Å². The molecular weight excluding hydrogens is 348 g/mol. The lowest BCUT2D eigenvalue weighted by atomic mass is 9.92. The number of piperidine rings is 2. The van der Waals surface area contributed by atoms with E-state index in [2.05, 4.69) is 31.8 Å². The van der Waals surface area contributed by atoms with Gasteiger partial charge >= 0.3 is 0 Å². The van der Waals surface area contributed by atoms with E-state index in [9.17, 15) is 4.79 Å². The number of rotatable bonds is 4. The topological polar surface area (TPSA) is 39.7 Å². The molecule has 0 spiro atoms. The minimum absolute atomic E-state index is 0.238. The van der Waals surface area contributed by atoms with Crippen LogP contribution >= 0.6 is 0 Å². The first kappa shape index (κ1) is 19.8. The Hall–Kier alpha value is -1.46. The molecule has 3 saturated heterocycles. The van der Waals surface area contributed by atoms with Crippen LogP contribution in [0, 0.1) is 5.92 Å². The van der Waals surface area contributed by atoms with E-state index in [1.807, 2.05) is 12.4 Å². The Morgan fingerprint density at radius 3 is 2.32 bits per heavy atom. The molecule has 1 aromatic heterocycles. The molecule has 0 aromatic carbocycles. The Labute approximate surface area is 170 Å². The summed E-state index contributed by atoms with van der Waals surface area (Å²) < 4.78 is 0. The average molecular weight is 385 g/mol. The van der Waals surface area contributed by atoms with Crippen molar-refractivity contribution in [1.29, 1.82) is 0 Å². The van der Waals surface area contributed by atoms with Gasteiger partial charge in [0.1, 0.15) is 0 Å². The second-order valence-corrected chi connectivity index (χ2v) is 8.94. The number of amides is 1. The number of carbonyl (C=O) groups is 1. The molecule has 0 saturated carbocycles. The van der Waals surface area contributed by atoms with Crippen molar-refractivity contribution in [2.75, 3.05) is 39.3 Å². The Bertz CT molecular complexity index is 606. The normalized spacial score (nSPS) is 26.1. The lowest BCUT2D eigenvalue weighted by Gasteiger charge is -2.42. The van der Waals surface area contributed by atoms with Crippen molar-refractivity contribution in [1.82, 2.24) is 19.7 Å². The highest BCUT2D eigenvalue weighted by atomic mass is 16.2. The number of hydrogen-bond acceptors (Lipinski definition) is 4. The number of pyridine rings is 1. The van der Waals surface area contributed by atoms with Crippen molar-refractivity contribution in [3.05, 3.63) is 30.1 Å². The fraction of sp³-hybridized carbons (Fsp3) is 0.739. The lowest BCUT2D eigenvalue weighted by Crippen LogP contribution is -2.51. The molecule has 0 radical (unpaired) electrons. The summed E-state index contributed by atoms with van der Waals surface area (Å²) in [4.78, 5) is 24.6. The van der Waals surface area contributed by atoms with Gasteiger partial charge in [-0.3, -0.25) is 19.6 Å². The molecule has 4 rings (SSSR count). The van der Waals surface area contributed by atoms with E-state index in [-0.39, 0.29) is 5.92 Å². The molecule has 1 amide bonds. The van der Waals surface area contributed by atoms with Gasteiger partial charge < -0.3 is 4.90 Å². The predicted molar refractivity (Wildman–Crippen MR) is 112 cm³/mol. The molecular formula is C23H36N4O. The maximum atomic E-state index is 13.1. The van der Waals surface area contributed by atoms with Crippen LogP contribution in [-0.2, 0) is 11.3 Å². The van der Waals surface area contributed by atoms with E-state index >= 15 is 0 Å². The minimum Gasteiger partial charge on any atom is -0.342 e. The first-order valence-corrected chi connectivity index (χ1v) is 11.4. The molecule has 5 heteroatoms. The molecule has 0 bridgehead atoms. The summed E-state index contributed by atoms with van der Waals surface area (Å²) in [6.07, 6.45) is 13.5. The van der Waals surface area contributed by atoms with Crippen molar-refractivity contribution >= 4 is 5.91 Å². The zero-order valence-electron chi connectivity index (χ0n) is 17.3. The minimum atomic E-state index is 0.238. The van der Waals surface area contributed by atoms with Gasteiger partial charge in [0.05, 0.1) is 5.92 Å². The van der Waals surface area contributed by atoms with Crippen molar-refractivity contribution < 1.29 is 4.79 Å². The van der Waals surface area contributed by atoms with Crippen molar-refractivity contribution in [2.45, 2.75) is 64.0 Å². The van der Waals surface area contributed by atoms with Crippen molar-refractivity contribution in [3.8, 4) is 0 Å². The van der Waals surface area contributed by atoms with Gasteiger partial charge in [-0.25, -0.2) is 0 Å². The van der Waals surface area contributed by atoms with Gasteiger partial charge in [0.15, 0.2) is 0 Å². The van der Waals surface area contributed by atoms with Gasteiger partial charge in [0, 0.05) is 44.6 Å². The van der Waals surface area contributed by atoms with Crippen LogP contribution in [0.25, 0.3) is 0 Å². The fourth-order valence-corrected chi connectivity index (χ4v) is 5.28. The highest BCUT2D eigenvalue weighted by Gasteiger charge is 2.33. The molecule has 3 aliphatic heterocycles. The van der Waals surface area contributed by atoms with Crippen LogP contribution in [-0.4, -0.2) is 70.9 Å². The Kier molecular flexibility index (Phi) is 6.97. The van der Waals surface area contributed by atoms with Gasteiger partial charge in [-0.05, 0) is 75.9 Å². The summed E-state index contributed by atoms with van der Waals surface area (Å²) >= 11 is 0. The SMILES string of the molecule is O=C(C1CCCN(C2CCN(Cc3ccncc3)CC2)C1)N1CCCCCC1. The van der Waals surface area contributed by atoms with Crippen LogP contribution in [0.5, 0.6) is 0 Å². The second kappa shape index (κ2) is 9.84. The molecule has 28 heavy (non-hydrogen) atoms. The maximum absolute atomic E-state index is 13.1. The summed E-state index contributed by atoms with van der Waals surface area (Å²) in [5.41, 5.74) is 1.36. The molecule has 154 valence electrons. The zero-order valence-corrected chi connectivity index (χ0v) is 17.3. The number of likely N-dealkylation sites (tertiary alicyclic amines) is 3. The average Bonchev–Trinajstić information content (AvgIpc) is 3.04. The molecule has 5 nitrogen and oxygen atoms in total. The lowest BCUT2D eigenvalue weighted by molar-refractivity contribution is -0.137. The number of hydrogen-bond donors (Lipinski definition) is 0. The quantitative estimate of drug-likeness (QED) is 0.799. The Balaban J connectivity index is 1.26. The summed E-state index contributed by atoms with van der Waals surface area (Å²) in [5.74, 6) is 0.684. The zero-order chi connectivity index (χ0) is 19.2. The molecule has 1 atom stereocenters. The van der Waals surface area contributed by atoms with Crippen molar-refractivity contribution in [2.24, 2.45) is 5.92 Å². The van der Waals surface area contributed by atoms with Gasteiger partial charge in [-0.15, -0.1) is 0 Å². The van der Waals surface area contributed by atoms with Crippen LogP contribution in [0.3, 0.4) is 0 Å². The predicted octanol–water partition coefficient (Wildman–Crippen LogP) is 3.16. The van der Waals surface area contributed by atoms with E-state index in [0.717, 1.165) is 45.7 Å². The van der Waals surface area contributed by atoms with Crippen LogP contribution in [0.15, 0.2) is 24.5 Å². The van der Waals surface area contributed by atoms with Crippen molar-refractivity contribution in [3.63, 3.8) is 0 Å². The monoisotopic (exact) mass is 384 g/mol. The second-order valence-electron chi connectivity index (χ2n) is 8.94. The third-order valence-electron chi connectivity index (χ3n) is 6.95. The van der Waals surface area contributed by atoms with Gasteiger partial charge in [-0.1, -0.05) is 12.8 Å². The molecule has 1 unspecified atom stereocenters. The van der Waals surface area contributed by atoms with Gasteiger partial charge in [-0.2, -0.15) is 0 Å². The Morgan fingerprint density at radius 1 is 0.893 bits per heavy atom. The highest BCUT2D eigenvalue weighted by molar-refractivity contribution is 5.79. The molecule has 3 aliphatic rings. The summed E-state index contributed by atoms with van der Waals surface area (Å²) in [5, 5.41) is 0. The Morgan fingerprint density at radius 2 is 1.61 bits per heavy atom. The first-order chi connectivity index (χ1) is 13.8. The van der Waals surface area contributed by atoms with E-state index in [1.165, 1.54) is 57.1 Å². The van der Waals surface area contributed by atoms with Crippen LogP contribution in [0.4, 0.5) is 0 Å². The van der Waals surface area contributed by atoms with Crippen LogP contribution in [0.2, 0.25) is 0 Å². The molecule has 4 heterocycles. The van der Waals surface area contributed by atoms with Gasteiger partial charge in [0.2, 0.25) is 5.91 Å². The molecule has 3 fully saturated rings. The van der Waals surface area contributed by atoms with Crippen LogP contribution in [0.1, 0.15) is 56.9 Å². The van der Waals surface area contributed by atoms with E-state index < -0.39 is 0 Å². The molecule has 1 aromatic rings.